The van der Waals surface area contributed by atoms with Crippen LogP contribution in [-0.2, 0) is 0 Å². The molecule has 25 heavy (non-hydrogen) atoms. The summed E-state index contributed by atoms with van der Waals surface area (Å²) >= 11 is 5.86. The highest BCUT2D eigenvalue weighted by Crippen LogP contribution is 2.34. The Morgan fingerprint density at radius 2 is 2.00 bits per heavy atom. The summed E-state index contributed by atoms with van der Waals surface area (Å²) in [6.07, 6.45) is 1.61. The van der Waals surface area contributed by atoms with Gasteiger partial charge in [0, 0.05) is 17.8 Å². The molecule has 0 aliphatic heterocycles. The summed E-state index contributed by atoms with van der Waals surface area (Å²) in [7, 11) is 0. The first-order valence-corrected chi connectivity index (χ1v) is 7.45. The van der Waals surface area contributed by atoms with E-state index in [4.69, 9.17) is 17.3 Å². The van der Waals surface area contributed by atoms with Crippen LogP contribution in [0.25, 0.3) is 22.5 Å². The van der Waals surface area contributed by atoms with E-state index in [1.165, 1.54) is 12.1 Å². The SMILES string of the molecule is N#Cc1c(-c2ccc(Cl)c([N+](=O)[O-])c2)cc(-c2ccccn2)nc1N. The van der Waals surface area contributed by atoms with E-state index in [-0.39, 0.29) is 22.1 Å². The van der Waals surface area contributed by atoms with Crippen molar-refractivity contribution in [2.45, 2.75) is 0 Å². The Bertz CT molecular complexity index is 1020. The summed E-state index contributed by atoms with van der Waals surface area (Å²) in [4.78, 5) is 19.0. The van der Waals surface area contributed by atoms with Crippen molar-refractivity contribution in [2.24, 2.45) is 0 Å². The van der Waals surface area contributed by atoms with Gasteiger partial charge in [-0.2, -0.15) is 5.26 Å². The van der Waals surface area contributed by atoms with Crippen LogP contribution in [0.5, 0.6) is 0 Å². The number of halogens is 1. The molecular formula is C17H10ClN5O2. The number of benzene rings is 1. The van der Waals surface area contributed by atoms with Crippen molar-refractivity contribution in [3.63, 3.8) is 0 Å². The second-order valence-electron chi connectivity index (χ2n) is 5.07. The van der Waals surface area contributed by atoms with Crippen LogP contribution in [-0.4, -0.2) is 14.9 Å². The number of nitrogens with two attached hydrogens (primary N) is 1. The highest BCUT2D eigenvalue weighted by Gasteiger charge is 2.18. The fraction of sp³-hybridized carbons (Fsp3) is 0. The molecule has 3 aromatic rings. The molecule has 3 rings (SSSR count). The van der Waals surface area contributed by atoms with E-state index >= 15 is 0 Å². The lowest BCUT2D eigenvalue weighted by Gasteiger charge is -2.10. The van der Waals surface area contributed by atoms with E-state index in [0.29, 0.717) is 22.5 Å². The lowest BCUT2D eigenvalue weighted by atomic mass is 9.99. The van der Waals surface area contributed by atoms with E-state index < -0.39 is 4.92 Å². The predicted molar refractivity (Wildman–Crippen MR) is 93.7 cm³/mol. The number of rotatable bonds is 3. The van der Waals surface area contributed by atoms with Crippen LogP contribution in [0.4, 0.5) is 11.5 Å². The highest BCUT2D eigenvalue weighted by molar-refractivity contribution is 6.32. The summed E-state index contributed by atoms with van der Waals surface area (Å²) in [5, 5.41) is 20.5. The first kappa shape index (κ1) is 16.4. The van der Waals surface area contributed by atoms with Gasteiger partial charge < -0.3 is 5.73 Å². The fourth-order valence-electron chi connectivity index (χ4n) is 2.38. The third-order valence-corrected chi connectivity index (χ3v) is 3.86. The molecule has 0 aliphatic carbocycles. The van der Waals surface area contributed by atoms with Gasteiger partial charge in [-0.25, -0.2) is 4.98 Å². The maximum Gasteiger partial charge on any atom is 0.288 e. The Kier molecular flexibility index (Phi) is 4.29. The number of pyridine rings is 2. The van der Waals surface area contributed by atoms with Crippen molar-refractivity contribution in [2.75, 3.05) is 5.73 Å². The van der Waals surface area contributed by atoms with Crippen molar-refractivity contribution in [3.05, 3.63) is 69.4 Å². The average Bonchev–Trinajstić information content (AvgIpc) is 2.62. The van der Waals surface area contributed by atoms with Crippen molar-refractivity contribution in [1.29, 1.82) is 5.26 Å². The van der Waals surface area contributed by atoms with Crippen LogP contribution < -0.4 is 5.73 Å². The largest absolute Gasteiger partial charge is 0.383 e. The smallest absolute Gasteiger partial charge is 0.288 e. The number of nitrogen functional groups attached to an aromatic ring is 1. The minimum atomic E-state index is -0.581. The average molecular weight is 352 g/mol. The van der Waals surface area contributed by atoms with Crippen LogP contribution in [0.15, 0.2) is 48.7 Å². The van der Waals surface area contributed by atoms with Crippen molar-refractivity contribution < 1.29 is 4.92 Å². The lowest BCUT2D eigenvalue weighted by molar-refractivity contribution is -0.384. The number of nitro groups is 1. The van der Waals surface area contributed by atoms with E-state index in [1.807, 2.05) is 6.07 Å². The predicted octanol–water partition coefficient (Wildman–Crippen LogP) is 3.83. The number of nitro benzene ring substituents is 1. The molecule has 0 unspecified atom stereocenters. The minimum Gasteiger partial charge on any atom is -0.383 e. The van der Waals surface area contributed by atoms with Crippen LogP contribution in [0.1, 0.15) is 5.56 Å². The molecule has 2 aromatic heterocycles. The van der Waals surface area contributed by atoms with Crippen molar-refractivity contribution >= 4 is 23.1 Å². The maximum absolute atomic E-state index is 11.1. The topological polar surface area (TPSA) is 119 Å². The summed E-state index contributed by atoms with van der Waals surface area (Å²) < 4.78 is 0. The van der Waals surface area contributed by atoms with Crippen LogP contribution in [0, 0.1) is 21.4 Å². The molecule has 0 fully saturated rings. The Morgan fingerprint density at radius 1 is 1.20 bits per heavy atom. The Balaban J connectivity index is 2.25. The van der Waals surface area contributed by atoms with Gasteiger partial charge in [0.05, 0.1) is 16.3 Å². The second kappa shape index (κ2) is 6.55. The number of aromatic nitrogens is 2. The quantitative estimate of drug-likeness (QED) is 0.565. The van der Waals surface area contributed by atoms with Crippen LogP contribution in [0.2, 0.25) is 5.02 Å². The van der Waals surface area contributed by atoms with Gasteiger partial charge in [0.1, 0.15) is 22.5 Å². The monoisotopic (exact) mass is 351 g/mol. The summed E-state index contributed by atoms with van der Waals surface area (Å²) in [6, 6.07) is 13.2. The third kappa shape index (κ3) is 3.11. The number of anilines is 1. The van der Waals surface area contributed by atoms with Gasteiger partial charge >= 0.3 is 0 Å². The molecule has 122 valence electrons. The summed E-state index contributed by atoms with van der Waals surface area (Å²) in [5.41, 5.74) is 7.70. The molecule has 1 aromatic carbocycles. The zero-order valence-electron chi connectivity index (χ0n) is 12.7. The molecule has 0 saturated carbocycles. The lowest BCUT2D eigenvalue weighted by Crippen LogP contribution is -2.00. The molecule has 0 spiro atoms. The molecule has 7 nitrogen and oxygen atoms in total. The van der Waals surface area contributed by atoms with E-state index in [1.54, 1.807) is 36.5 Å². The summed E-state index contributed by atoms with van der Waals surface area (Å²) in [6.45, 7) is 0. The normalized spacial score (nSPS) is 10.2. The Morgan fingerprint density at radius 3 is 2.64 bits per heavy atom. The number of hydrogen-bond donors (Lipinski definition) is 1. The molecule has 0 amide bonds. The standard InChI is InChI=1S/C17H10ClN5O2/c18-13-5-4-10(7-16(13)23(24)25)11-8-15(14-3-1-2-6-21-14)22-17(20)12(11)9-19/h1-8H,(H2,20,22). The van der Waals surface area contributed by atoms with Gasteiger partial charge in [0.2, 0.25) is 0 Å². The highest BCUT2D eigenvalue weighted by atomic mass is 35.5. The summed E-state index contributed by atoms with van der Waals surface area (Å²) in [5.74, 6) is 0.0262. The Labute approximate surface area is 147 Å². The molecule has 0 bridgehead atoms. The number of nitriles is 1. The second-order valence-corrected chi connectivity index (χ2v) is 5.47. The first-order valence-electron chi connectivity index (χ1n) is 7.07. The van der Waals surface area contributed by atoms with E-state index in [9.17, 15) is 15.4 Å². The number of nitrogens with zero attached hydrogens (tertiary/aromatic N) is 4. The van der Waals surface area contributed by atoms with Gasteiger partial charge in [-0.1, -0.05) is 23.7 Å². The van der Waals surface area contributed by atoms with E-state index in [0.717, 1.165) is 0 Å². The van der Waals surface area contributed by atoms with Gasteiger partial charge in [0.15, 0.2) is 0 Å². The van der Waals surface area contributed by atoms with Crippen LogP contribution >= 0.6 is 11.6 Å². The van der Waals surface area contributed by atoms with Gasteiger partial charge in [-0.15, -0.1) is 0 Å². The molecule has 2 heterocycles. The maximum atomic E-state index is 11.1. The zero-order chi connectivity index (χ0) is 18.0. The molecule has 0 aliphatic rings. The first-order chi connectivity index (χ1) is 12.0. The number of hydrogen-bond acceptors (Lipinski definition) is 6. The molecule has 0 atom stereocenters. The third-order valence-electron chi connectivity index (χ3n) is 3.54. The molecule has 0 radical (unpaired) electrons. The van der Waals surface area contributed by atoms with E-state index in [2.05, 4.69) is 9.97 Å². The van der Waals surface area contributed by atoms with Gasteiger partial charge in [-0.05, 0) is 29.8 Å². The van der Waals surface area contributed by atoms with Crippen molar-refractivity contribution in [3.8, 4) is 28.6 Å². The van der Waals surface area contributed by atoms with Gasteiger partial charge in [0.25, 0.3) is 5.69 Å². The molecule has 0 saturated heterocycles. The minimum absolute atomic E-state index is 0.0132. The fourth-order valence-corrected chi connectivity index (χ4v) is 2.56. The van der Waals surface area contributed by atoms with Gasteiger partial charge in [-0.3, -0.25) is 15.1 Å². The zero-order valence-corrected chi connectivity index (χ0v) is 13.4. The molecule has 2 N–H and O–H groups in total. The Hall–Kier alpha value is -3.50. The van der Waals surface area contributed by atoms with Crippen LogP contribution in [0.3, 0.4) is 0 Å². The van der Waals surface area contributed by atoms with Crippen molar-refractivity contribution in [1.82, 2.24) is 9.97 Å². The molecular weight excluding hydrogens is 342 g/mol. The molecule has 8 heteroatoms.